The number of amides is 1. The van der Waals surface area contributed by atoms with Crippen LogP contribution in [0.5, 0.6) is 0 Å². The fraction of sp³-hybridized carbons (Fsp3) is 0.588. The van der Waals surface area contributed by atoms with E-state index < -0.39 is 5.97 Å². The summed E-state index contributed by atoms with van der Waals surface area (Å²) < 4.78 is 5.82. The van der Waals surface area contributed by atoms with E-state index in [1.165, 1.54) is 24.8 Å². The number of hydrogen-bond acceptors (Lipinski definition) is 4. The molecule has 2 aliphatic carbocycles. The quantitative estimate of drug-likeness (QED) is 0.900. The predicted octanol–water partition coefficient (Wildman–Crippen LogP) is 2.20. The molecule has 0 bridgehead atoms. The van der Waals surface area contributed by atoms with Crippen LogP contribution < -0.4 is 0 Å². The summed E-state index contributed by atoms with van der Waals surface area (Å²) in [6.45, 7) is 2.69. The Morgan fingerprint density at radius 3 is 2.78 bits per heavy atom. The van der Waals surface area contributed by atoms with E-state index in [4.69, 9.17) is 9.84 Å². The lowest BCUT2D eigenvalue weighted by atomic mass is 9.50. The monoisotopic (exact) mass is 318 g/mol. The molecule has 1 spiro atoms. The van der Waals surface area contributed by atoms with Crippen LogP contribution >= 0.6 is 0 Å². The predicted molar refractivity (Wildman–Crippen MR) is 83.4 cm³/mol. The van der Waals surface area contributed by atoms with Crippen molar-refractivity contribution in [2.24, 2.45) is 5.41 Å². The standard InChI is InChI=1S/C17H22N2O4/c1-3-23-14-10-13(17(14)6-4-7-17)19(2)15(20)12-9-11(16(21)22)5-8-18-12/h5,8-9,13-14H,3-4,6-7,10H2,1-2H3,(H,21,22). The van der Waals surface area contributed by atoms with E-state index in [2.05, 4.69) is 4.98 Å². The number of carboxylic acid groups (broad SMARTS) is 1. The molecule has 0 radical (unpaired) electrons. The molecule has 124 valence electrons. The lowest BCUT2D eigenvalue weighted by Crippen LogP contribution is -2.67. The highest BCUT2D eigenvalue weighted by Crippen LogP contribution is 2.59. The minimum atomic E-state index is -1.06. The summed E-state index contributed by atoms with van der Waals surface area (Å²) >= 11 is 0. The molecule has 1 N–H and O–H groups in total. The zero-order valence-corrected chi connectivity index (χ0v) is 13.5. The first-order chi connectivity index (χ1) is 11.0. The molecular formula is C17H22N2O4. The lowest BCUT2D eigenvalue weighted by molar-refractivity contribution is -0.192. The van der Waals surface area contributed by atoms with E-state index in [1.807, 2.05) is 6.92 Å². The summed E-state index contributed by atoms with van der Waals surface area (Å²) in [5, 5.41) is 9.05. The molecule has 1 aromatic rings. The number of carbonyl (C=O) groups is 2. The van der Waals surface area contributed by atoms with Gasteiger partial charge in [-0.15, -0.1) is 0 Å². The van der Waals surface area contributed by atoms with Gasteiger partial charge in [-0.3, -0.25) is 9.78 Å². The van der Waals surface area contributed by atoms with Crippen molar-refractivity contribution in [2.75, 3.05) is 13.7 Å². The number of pyridine rings is 1. The largest absolute Gasteiger partial charge is 0.478 e. The average Bonchev–Trinajstić information content (AvgIpc) is 2.48. The second-order valence-electron chi connectivity index (χ2n) is 6.43. The van der Waals surface area contributed by atoms with Crippen LogP contribution in [0.4, 0.5) is 0 Å². The van der Waals surface area contributed by atoms with Crippen molar-refractivity contribution in [2.45, 2.75) is 44.8 Å². The normalized spacial score (nSPS) is 24.6. The summed E-state index contributed by atoms with van der Waals surface area (Å²) in [6.07, 6.45) is 5.79. The molecule has 0 saturated heterocycles. The fourth-order valence-electron chi connectivity index (χ4n) is 3.95. The molecule has 2 unspecified atom stereocenters. The van der Waals surface area contributed by atoms with E-state index in [1.54, 1.807) is 11.9 Å². The molecular weight excluding hydrogens is 296 g/mol. The summed E-state index contributed by atoms with van der Waals surface area (Å²) in [5.41, 5.74) is 0.350. The highest BCUT2D eigenvalue weighted by Gasteiger charge is 2.60. The van der Waals surface area contributed by atoms with Crippen LogP contribution in [-0.4, -0.2) is 52.7 Å². The molecule has 2 aliphatic rings. The molecule has 2 atom stereocenters. The third kappa shape index (κ3) is 2.51. The van der Waals surface area contributed by atoms with Gasteiger partial charge in [-0.1, -0.05) is 6.42 Å². The van der Waals surface area contributed by atoms with Crippen LogP contribution in [0.2, 0.25) is 0 Å². The van der Waals surface area contributed by atoms with Gasteiger partial charge in [0, 0.05) is 31.3 Å². The number of carboxylic acids is 1. The van der Waals surface area contributed by atoms with Gasteiger partial charge < -0.3 is 14.7 Å². The van der Waals surface area contributed by atoms with Crippen molar-refractivity contribution in [3.8, 4) is 0 Å². The highest BCUT2D eigenvalue weighted by atomic mass is 16.5. The van der Waals surface area contributed by atoms with Gasteiger partial charge in [-0.25, -0.2) is 4.79 Å². The van der Waals surface area contributed by atoms with Crippen molar-refractivity contribution in [1.82, 2.24) is 9.88 Å². The number of rotatable bonds is 5. The van der Waals surface area contributed by atoms with Gasteiger partial charge in [-0.2, -0.15) is 0 Å². The minimum Gasteiger partial charge on any atom is -0.478 e. The minimum absolute atomic E-state index is 0.0795. The van der Waals surface area contributed by atoms with Crippen molar-refractivity contribution in [3.05, 3.63) is 29.6 Å². The molecule has 0 aliphatic heterocycles. The van der Waals surface area contributed by atoms with E-state index >= 15 is 0 Å². The van der Waals surface area contributed by atoms with Gasteiger partial charge in [0.25, 0.3) is 5.91 Å². The molecule has 6 nitrogen and oxygen atoms in total. The van der Waals surface area contributed by atoms with E-state index in [0.29, 0.717) is 6.61 Å². The summed E-state index contributed by atoms with van der Waals surface area (Å²) in [5.74, 6) is -1.28. The van der Waals surface area contributed by atoms with Crippen LogP contribution in [0.1, 0.15) is 53.5 Å². The first-order valence-corrected chi connectivity index (χ1v) is 8.07. The zero-order chi connectivity index (χ0) is 16.6. The third-order valence-corrected chi connectivity index (χ3v) is 5.41. The number of ether oxygens (including phenoxy) is 1. The maximum Gasteiger partial charge on any atom is 0.335 e. The van der Waals surface area contributed by atoms with Crippen molar-refractivity contribution < 1.29 is 19.4 Å². The number of aromatic nitrogens is 1. The van der Waals surface area contributed by atoms with Gasteiger partial charge in [0.15, 0.2) is 0 Å². The molecule has 2 saturated carbocycles. The molecule has 6 heteroatoms. The molecule has 1 aromatic heterocycles. The van der Waals surface area contributed by atoms with Gasteiger partial charge in [-0.05, 0) is 38.3 Å². The smallest absolute Gasteiger partial charge is 0.335 e. The third-order valence-electron chi connectivity index (χ3n) is 5.41. The van der Waals surface area contributed by atoms with E-state index in [0.717, 1.165) is 19.3 Å². The van der Waals surface area contributed by atoms with Crippen LogP contribution in [0, 0.1) is 5.41 Å². The van der Waals surface area contributed by atoms with Crippen molar-refractivity contribution in [1.29, 1.82) is 0 Å². The van der Waals surface area contributed by atoms with Crippen LogP contribution in [0.15, 0.2) is 18.3 Å². The van der Waals surface area contributed by atoms with Gasteiger partial charge in [0.05, 0.1) is 11.7 Å². The van der Waals surface area contributed by atoms with Gasteiger partial charge >= 0.3 is 5.97 Å². The fourth-order valence-corrected chi connectivity index (χ4v) is 3.95. The zero-order valence-electron chi connectivity index (χ0n) is 13.5. The molecule has 3 rings (SSSR count). The van der Waals surface area contributed by atoms with E-state index in [-0.39, 0.29) is 34.7 Å². The van der Waals surface area contributed by atoms with Gasteiger partial charge in [0.1, 0.15) is 5.69 Å². The second-order valence-corrected chi connectivity index (χ2v) is 6.43. The summed E-state index contributed by atoms with van der Waals surface area (Å²) in [4.78, 5) is 29.5. The second kappa shape index (κ2) is 5.92. The number of aromatic carboxylic acids is 1. The number of carbonyl (C=O) groups excluding carboxylic acids is 1. The Bertz CT molecular complexity index is 627. The first-order valence-electron chi connectivity index (χ1n) is 8.07. The molecule has 0 aromatic carbocycles. The van der Waals surface area contributed by atoms with Crippen LogP contribution in [0.3, 0.4) is 0 Å². The maximum absolute atomic E-state index is 12.7. The van der Waals surface area contributed by atoms with Crippen LogP contribution in [0.25, 0.3) is 0 Å². The lowest BCUT2D eigenvalue weighted by Gasteiger charge is -2.63. The summed E-state index contributed by atoms with van der Waals surface area (Å²) in [7, 11) is 1.78. The van der Waals surface area contributed by atoms with Crippen molar-refractivity contribution >= 4 is 11.9 Å². The Hall–Kier alpha value is -1.95. The Balaban J connectivity index is 1.76. The van der Waals surface area contributed by atoms with Crippen LogP contribution in [-0.2, 0) is 4.74 Å². The topological polar surface area (TPSA) is 79.7 Å². The average molecular weight is 318 g/mol. The Morgan fingerprint density at radius 1 is 1.48 bits per heavy atom. The molecule has 2 fully saturated rings. The first kappa shape index (κ1) is 15.9. The molecule has 23 heavy (non-hydrogen) atoms. The number of hydrogen-bond donors (Lipinski definition) is 1. The Morgan fingerprint density at radius 2 is 2.22 bits per heavy atom. The molecule has 1 heterocycles. The summed E-state index contributed by atoms with van der Waals surface area (Å²) in [6, 6.07) is 2.88. The van der Waals surface area contributed by atoms with E-state index in [9.17, 15) is 9.59 Å². The SMILES string of the molecule is CCOC1CC(N(C)C(=O)c2cc(C(=O)O)ccn2)C12CCC2. The Labute approximate surface area is 135 Å². The molecule has 1 amide bonds. The van der Waals surface area contributed by atoms with Gasteiger partial charge in [0.2, 0.25) is 0 Å². The maximum atomic E-state index is 12.7. The number of nitrogens with zero attached hydrogens (tertiary/aromatic N) is 2. The van der Waals surface area contributed by atoms with Crippen molar-refractivity contribution in [3.63, 3.8) is 0 Å². The highest BCUT2D eigenvalue weighted by molar-refractivity contribution is 5.96. The Kier molecular flexibility index (Phi) is 4.10.